The van der Waals surface area contributed by atoms with Crippen LogP contribution in [0.5, 0.6) is 0 Å². The third-order valence-corrected chi connectivity index (χ3v) is 2.88. The molecule has 20 heavy (non-hydrogen) atoms. The Hall–Kier alpha value is -1.89. The zero-order chi connectivity index (χ0) is 14.8. The van der Waals surface area contributed by atoms with Gasteiger partial charge in [-0.15, -0.1) is 0 Å². The maximum absolute atomic E-state index is 13.0. The van der Waals surface area contributed by atoms with Gasteiger partial charge >= 0.3 is 6.18 Å². The number of aromatic amines is 1. The molecule has 0 bridgehead atoms. The van der Waals surface area contributed by atoms with E-state index in [2.05, 4.69) is 15.0 Å². The minimum Gasteiger partial charge on any atom is -0.344 e. The molecule has 7 heteroatoms. The van der Waals surface area contributed by atoms with Crippen LogP contribution in [0.15, 0.2) is 30.7 Å². The van der Waals surface area contributed by atoms with Crippen LogP contribution in [0.3, 0.4) is 0 Å². The SMILES string of the molecule is CN(C)[C@H](c1ncc(Cc2ccncc2)[nH]1)C(F)(F)F. The topological polar surface area (TPSA) is 44.8 Å². The van der Waals surface area contributed by atoms with Gasteiger partial charge in [-0.1, -0.05) is 0 Å². The molecule has 0 fully saturated rings. The van der Waals surface area contributed by atoms with E-state index in [0.717, 1.165) is 10.5 Å². The maximum Gasteiger partial charge on any atom is 0.411 e. The molecule has 2 heterocycles. The van der Waals surface area contributed by atoms with Gasteiger partial charge in [0.05, 0.1) is 0 Å². The Morgan fingerprint density at radius 1 is 1.25 bits per heavy atom. The molecule has 0 saturated heterocycles. The summed E-state index contributed by atoms with van der Waals surface area (Å²) in [6.07, 6.45) is 0.858. The van der Waals surface area contributed by atoms with E-state index in [1.54, 1.807) is 12.4 Å². The fraction of sp³-hybridized carbons (Fsp3) is 0.385. The predicted molar refractivity (Wildman–Crippen MR) is 68.1 cm³/mol. The molecule has 0 amide bonds. The molecule has 2 rings (SSSR count). The van der Waals surface area contributed by atoms with Crippen molar-refractivity contribution in [2.75, 3.05) is 14.1 Å². The monoisotopic (exact) mass is 284 g/mol. The Labute approximate surface area is 114 Å². The van der Waals surface area contributed by atoms with Crippen LogP contribution in [0.1, 0.15) is 23.1 Å². The van der Waals surface area contributed by atoms with Crippen LogP contribution in [0.2, 0.25) is 0 Å². The standard InChI is InChI=1S/C13H15F3N4/c1-20(2)11(13(14,15)16)12-18-8-10(19-12)7-9-3-5-17-6-4-9/h3-6,8,11H,7H2,1-2H3,(H,18,19)/t11-/m1/s1. The summed E-state index contributed by atoms with van der Waals surface area (Å²) in [6, 6.07) is 1.90. The average molecular weight is 284 g/mol. The highest BCUT2D eigenvalue weighted by Gasteiger charge is 2.44. The van der Waals surface area contributed by atoms with Crippen LogP contribution in [0, 0.1) is 0 Å². The number of pyridine rings is 1. The van der Waals surface area contributed by atoms with Crippen LogP contribution in [-0.4, -0.2) is 40.1 Å². The van der Waals surface area contributed by atoms with Crippen molar-refractivity contribution in [3.8, 4) is 0 Å². The lowest BCUT2D eigenvalue weighted by molar-refractivity contribution is -0.181. The molecule has 0 radical (unpaired) electrons. The fourth-order valence-corrected chi connectivity index (χ4v) is 2.02. The van der Waals surface area contributed by atoms with Gasteiger partial charge in [0, 0.05) is 30.7 Å². The van der Waals surface area contributed by atoms with E-state index in [1.807, 2.05) is 12.1 Å². The van der Waals surface area contributed by atoms with Gasteiger partial charge in [-0.05, 0) is 31.8 Å². The number of H-pyrrole nitrogens is 1. The summed E-state index contributed by atoms with van der Waals surface area (Å²) in [5, 5.41) is 0. The molecule has 108 valence electrons. The quantitative estimate of drug-likeness (QED) is 0.938. The molecule has 0 spiro atoms. The summed E-state index contributed by atoms with van der Waals surface area (Å²) in [5.74, 6) is -0.0912. The third kappa shape index (κ3) is 3.36. The lowest BCUT2D eigenvalue weighted by Gasteiger charge is -2.24. The number of aromatic nitrogens is 3. The first-order chi connectivity index (χ1) is 9.38. The van der Waals surface area contributed by atoms with Crippen LogP contribution in [-0.2, 0) is 6.42 Å². The Bertz CT molecular complexity index is 548. The number of nitrogens with zero attached hydrogens (tertiary/aromatic N) is 3. The first kappa shape index (κ1) is 14.5. The summed E-state index contributed by atoms with van der Waals surface area (Å²) >= 11 is 0. The second-order valence-corrected chi connectivity index (χ2v) is 4.73. The zero-order valence-electron chi connectivity index (χ0n) is 11.1. The first-order valence-electron chi connectivity index (χ1n) is 6.03. The Morgan fingerprint density at radius 2 is 1.90 bits per heavy atom. The molecule has 4 nitrogen and oxygen atoms in total. The van der Waals surface area contributed by atoms with Gasteiger partial charge in [0.25, 0.3) is 0 Å². The van der Waals surface area contributed by atoms with Crippen molar-refractivity contribution in [3.63, 3.8) is 0 Å². The molecule has 0 saturated carbocycles. The molecular formula is C13H15F3N4. The molecule has 0 aliphatic carbocycles. The number of hydrogen-bond acceptors (Lipinski definition) is 3. The number of alkyl halides is 3. The van der Waals surface area contributed by atoms with Crippen molar-refractivity contribution in [1.29, 1.82) is 0 Å². The molecule has 0 aliphatic heterocycles. The summed E-state index contributed by atoms with van der Waals surface area (Å²) in [4.78, 5) is 11.6. The Balaban J connectivity index is 2.19. The van der Waals surface area contributed by atoms with E-state index in [9.17, 15) is 13.2 Å². The number of imidazole rings is 1. The highest BCUT2D eigenvalue weighted by atomic mass is 19.4. The third-order valence-electron chi connectivity index (χ3n) is 2.88. The number of halogens is 3. The summed E-state index contributed by atoms with van der Waals surface area (Å²) < 4.78 is 38.9. The van der Waals surface area contributed by atoms with Crippen LogP contribution < -0.4 is 0 Å². The van der Waals surface area contributed by atoms with Crippen molar-refractivity contribution in [2.24, 2.45) is 0 Å². The van der Waals surface area contributed by atoms with Crippen molar-refractivity contribution in [2.45, 2.75) is 18.6 Å². The van der Waals surface area contributed by atoms with Crippen molar-refractivity contribution in [1.82, 2.24) is 19.9 Å². The summed E-state index contributed by atoms with van der Waals surface area (Å²) in [7, 11) is 2.76. The van der Waals surface area contributed by atoms with Gasteiger partial charge in [-0.3, -0.25) is 9.88 Å². The molecule has 1 N–H and O–H groups in total. The number of rotatable bonds is 4. The maximum atomic E-state index is 13.0. The van der Waals surface area contributed by atoms with Crippen molar-refractivity contribution < 1.29 is 13.2 Å². The van der Waals surface area contributed by atoms with Crippen LogP contribution >= 0.6 is 0 Å². The average Bonchev–Trinajstić information content (AvgIpc) is 2.76. The highest BCUT2D eigenvalue weighted by Crippen LogP contribution is 2.34. The smallest absolute Gasteiger partial charge is 0.344 e. The van der Waals surface area contributed by atoms with Gasteiger partial charge in [0.15, 0.2) is 6.04 Å². The molecule has 0 unspecified atom stereocenters. The summed E-state index contributed by atoms with van der Waals surface area (Å²) in [5.41, 5.74) is 1.60. The van der Waals surface area contributed by atoms with Gasteiger partial charge in [-0.25, -0.2) is 4.98 Å². The van der Waals surface area contributed by atoms with Crippen molar-refractivity contribution in [3.05, 3.63) is 47.8 Å². The number of nitrogens with one attached hydrogen (secondary N) is 1. The molecule has 0 aromatic carbocycles. The number of hydrogen-bond donors (Lipinski definition) is 1. The fourth-order valence-electron chi connectivity index (χ4n) is 2.02. The highest BCUT2D eigenvalue weighted by molar-refractivity contribution is 5.19. The lowest BCUT2D eigenvalue weighted by atomic mass is 10.1. The van der Waals surface area contributed by atoms with Gasteiger partial charge in [0.1, 0.15) is 5.82 Å². The van der Waals surface area contributed by atoms with E-state index < -0.39 is 12.2 Å². The van der Waals surface area contributed by atoms with E-state index in [4.69, 9.17) is 0 Å². The minimum atomic E-state index is -4.37. The first-order valence-corrected chi connectivity index (χ1v) is 6.03. The van der Waals surface area contributed by atoms with E-state index in [1.165, 1.54) is 20.3 Å². The van der Waals surface area contributed by atoms with Crippen LogP contribution in [0.25, 0.3) is 0 Å². The van der Waals surface area contributed by atoms with Crippen molar-refractivity contribution >= 4 is 0 Å². The molecular weight excluding hydrogens is 269 g/mol. The normalized spacial score (nSPS) is 13.7. The summed E-state index contributed by atoms with van der Waals surface area (Å²) in [6.45, 7) is 0. The van der Waals surface area contributed by atoms with Crippen LogP contribution in [0.4, 0.5) is 13.2 Å². The Morgan fingerprint density at radius 3 is 2.45 bits per heavy atom. The molecule has 2 aromatic rings. The van der Waals surface area contributed by atoms with Gasteiger partial charge < -0.3 is 4.98 Å². The van der Waals surface area contributed by atoms with E-state index in [-0.39, 0.29) is 5.82 Å². The van der Waals surface area contributed by atoms with E-state index in [0.29, 0.717) is 12.1 Å². The zero-order valence-corrected chi connectivity index (χ0v) is 11.1. The second-order valence-electron chi connectivity index (χ2n) is 4.73. The largest absolute Gasteiger partial charge is 0.411 e. The molecule has 0 aliphatic rings. The molecule has 2 aromatic heterocycles. The lowest BCUT2D eigenvalue weighted by Crippen LogP contribution is -2.34. The minimum absolute atomic E-state index is 0.0912. The second kappa shape index (κ2) is 5.62. The predicted octanol–water partition coefficient (Wildman–Crippen LogP) is 2.56. The Kier molecular flexibility index (Phi) is 4.08. The van der Waals surface area contributed by atoms with E-state index >= 15 is 0 Å². The molecule has 1 atom stereocenters. The van der Waals surface area contributed by atoms with Gasteiger partial charge in [0.2, 0.25) is 0 Å². The van der Waals surface area contributed by atoms with Gasteiger partial charge in [-0.2, -0.15) is 13.2 Å².